The van der Waals surface area contributed by atoms with Crippen LogP contribution in [0.4, 0.5) is 0 Å². The third-order valence-corrected chi connectivity index (χ3v) is 0.629. The molecule has 0 aromatic heterocycles. The Morgan fingerprint density at radius 3 is 2.88 bits per heavy atom. The second-order valence-corrected chi connectivity index (χ2v) is 1.20. The van der Waals surface area contributed by atoms with Crippen molar-refractivity contribution in [2.24, 2.45) is 4.99 Å². The number of hydroxylamine groups is 2. The van der Waals surface area contributed by atoms with Crippen molar-refractivity contribution in [2.45, 2.75) is 6.92 Å². The Kier molecular flexibility index (Phi) is 3.88. The number of nitrogens with zero attached hydrogens (tertiary/aromatic N) is 2. The van der Waals surface area contributed by atoms with E-state index in [1.807, 2.05) is 6.92 Å². The minimum atomic E-state index is 0.539. The van der Waals surface area contributed by atoms with Gasteiger partial charge in [0.25, 0.3) is 0 Å². The van der Waals surface area contributed by atoms with Crippen LogP contribution in [0.2, 0.25) is 0 Å². The molecule has 3 heteroatoms. The van der Waals surface area contributed by atoms with E-state index >= 15 is 0 Å². The van der Waals surface area contributed by atoms with Gasteiger partial charge in [0.05, 0.1) is 0 Å². The van der Waals surface area contributed by atoms with Gasteiger partial charge in [-0.2, -0.15) is 0 Å². The summed E-state index contributed by atoms with van der Waals surface area (Å²) in [7, 11) is 0. The van der Waals surface area contributed by atoms with E-state index < -0.39 is 0 Å². The van der Waals surface area contributed by atoms with Crippen LogP contribution in [0.5, 0.6) is 0 Å². The summed E-state index contributed by atoms with van der Waals surface area (Å²) in [6.07, 6.45) is 2.66. The summed E-state index contributed by atoms with van der Waals surface area (Å²) in [5.74, 6) is 0. The van der Waals surface area contributed by atoms with E-state index in [1.54, 1.807) is 0 Å². The molecule has 0 aromatic carbocycles. The van der Waals surface area contributed by atoms with Crippen molar-refractivity contribution in [2.75, 3.05) is 6.54 Å². The van der Waals surface area contributed by atoms with Gasteiger partial charge in [-0.1, -0.05) is 6.58 Å². The Bertz CT molecular complexity index is 90.4. The molecule has 46 valence electrons. The molecule has 0 bridgehead atoms. The molecular formula is C5H10N2O. The van der Waals surface area contributed by atoms with Crippen LogP contribution in [-0.2, 0) is 0 Å². The molecule has 0 fully saturated rings. The summed E-state index contributed by atoms with van der Waals surface area (Å²) in [5.41, 5.74) is 0. The van der Waals surface area contributed by atoms with Crippen molar-refractivity contribution in [3.8, 4) is 0 Å². The first-order chi connectivity index (χ1) is 3.81. The second kappa shape index (κ2) is 4.33. The Balaban J connectivity index is 3.35. The van der Waals surface area contributed by atoms with E-state index in [0.717, 1.165) is 5.06 Å². The molecule has 0 aliphatic heterocycles. The average Bonchev–Trinajstić information content (AvgIpc) is 1.83. The Labute approximate surface area is 48.9 Å². The predicted molar refractivity (Wildman–Crippen MR) is 32.9 cm³/mol. The number of aliphatic imine (C=N–C) groups is 1. The number of rotatable bonds is 3. The van der Waals surface area contributed by atoms with Crippen LogP contribution in [0, 0.1) is 0 Å². The van der Waals surface area contributed by atoms with E-state index in [0.29, 0.717) is 6.54 Å². The van der Waals surface area contributed by atoms with Crippen LogP contribution in [0.15, 0.2) is 17.8 Å². The van der Waals surface area contributed by atoms with E-state index in [2.05, 4.69) is 11.6 Å². The van der Waals surface area contributed by atoms with Gasteiger partial charge in [-0.25, -0.2) is 10.1 Å². The van der Waals surface area contributed by atoms with Crippen LogP contribution in [0.1, 0.15) is 6.92 Å². The fraction of sp³-hybridized carbons (Fsp3) is 0.400. The van der Waals surface area contributed by atoms with Crippen LogP contribution < -0.4 is 0 Å². The fourth-order valence-electron chi connectivity index (χ4n) is 0.206. The third-order valence-electron chi connectivity index (χ3n) is 0.629. The molecule has 0 aromatic rings. The quantitative estimate of drug-likeness (QED) is 0.335. The summed E-state index contributed by atoms with van der Waals surface area (Å²) >= 11 is 0. The highest BCUT2D eigenvalue weighted by Crippen LogP contribution is 1.72. The lowest BCUT2D eigenvalue weighted by Gasteiger charge is -2.03. The molecular weight excluding hydrogens is 104 g/mol. The molecule has 0 unspecified atom stereocenters. The van der Waals surface area contributed by atoms with Crippen molar-refractivity contribution >= 4 is 6.34 Å². The van der Waals surface area contributed by atoms with E-state index in [1.165, 1.54) is 12.5 Å². The summed E-state index contributed by atoms with van der Waals surface area (Å²) < 4.78 is 0. The Morgan fingerprint density at radius 1 is 1.88 bits per heavy atom. The molecule has 0 aliphatic carbocycles. The van der Waals surface area contributed by atoms with Gasteiger partial charge in [-0.05, 0) is 6.92 Å². The first-order valence-electron chi connectivity index (χ1n) is 2.41. The zero-order valence-electron chi connectivity index (χ0n) is 4.91. The minimum absolute atomic E-state index is 0.539. The predicted octanol–water partition coefficient (Wildman–Crippen LogP) is 0.869. The van der Waals surface area contributed by atoms with E-state index in [-0.39, 0.29) is 0 Å². The highest BCUT2D eigenvalue weighted by atomic mass is 16.5. The molecule has 0 aliphatic rings. The van der Waals surface area contributed by atoms with Gasteiger partial charge in [0, 0.05) is 12.7 Å². The van der Waals surface area contributed by atoms with Crippen LogP contribution in [-0.4, -0.2) is 23.2 Å². The maximum absolute atomic E-state index is 8.63. The smallest absolute Gasteiger partial charge is 0.115 e. The maximum atomic E-state index is 8.63. The first kappa shape index (κ1) is 7.17. The van der Waals surface area contributed by atoms with Gasteiger partial charge in [0.2, 0.25) is 0 Å². The first-order valence-corrected chi connectivity index (χ1v) is 2.41. The fourth-order valence-corrected chi connectivity index (χ4v) is 0.206. The zero-order valence-corrected chi connectivity index (χ0v) is 4.91. The molecule has 0 heterocycles. The van der Waals surface area contributed by atoms with Crippen molar-refractivity contribution in [1.29, 1.82) is 0 Å². The van der Waals surface area contributed by atoms with Gasteiger partial charge in [0.15, 0.2) is 0 Å². The summed E-state index contributed by atoms with van der Waals surface area (Å²) in [6, 6.07) is 0. The highest BCUT2D eigenvalue weighted by molar-refractivity contribution is 5.53. The van der Waals surface area contributed by atoms with Gasteiger partial charge in [0.1, 0.15) is 6.34 Å². The summed E-state index contributed by atoms with van der Waals surface area (Å²) in [5, 5.41) is 9.60. The van der Waals surface area contributed by atoms with Crippen molar-refractivity contribution < 1.29 is 5.21 Å². The zero-order chi connectivity index (χ0) is 6.41. The molecule has 8 heavy (non-hydrogen) atoms. The lowest BCUT2D eigenvalue weighted by molar-refractivity contribution is -0.00286. The van der Waals surface area contributed by atoms with Gasteiger partial charge in [-0.15, -0.1) is 0 Å². The summed E-state index contributed by atoms with van der Waals surface area (Å²) in [4.78, 5) is 3.56. The molecule has 0 amide bonds. The van der Waals surface area contributed by atoms with Crippen molar-refractivity contribution in [1.82, 2.24) is 5.06 Å². The largest absolute Gasteiger partial charge is 0.288 e. The molecule has 1 N–H and O–H groups in total. The molecule has 0 rings (SSSR count). The summed E-state index contributed by atoms with van der Waals surface area (Å²) in [6.45, 7) is 5.68. The van der Waals surface area contributed by atoms with Crippen molar-refractivity contribution in [3.63, 3.8) is 0 Å². The topological polar surface area (TPSA) is 35.8 Å². The molecule has 0 saturated heterocycles. The maximum Gasteiger partial charge on any atom is 0.115 e. The third kappa shape index (κ3) is 3.36. The van der Waals surface area contributed by atoms with Gasteiger partial charge >= 0.3 is 0 Å². The van der Waals surface area contributed by atoms with Crippen LogP contribution >= 0.6 is 0 Å². The Morgan fingerprint density at radius 2 is 2.50 bits per heavy atom. The van der Waals surface area contributed by atoms with Crippen LogP contribution in [0.25, 0.3) is 0 Å². The molecule has 0 radical (unpaired) electrons. The van der Waals surface area contributed by atoms with Crippen molar-refractivity contribution in [3.05, 3.63) is 12.8 Å². The normalized spacial score (nSPS) is 9.75. The number of hydrogen-bond acceptors (Lipinski definition) is 2. The average molecular weight is 114 g/mol. The molecule has 0 saturated carbocycles. The standard InChI is InChI=1S/C5H10N2O/c1-3-6-5-7(8)4-2/h3,5,8H,1,4H2,2H3. The molecule has 3 nitrogen and oxygen atoms in total. The van der Waals surface area contributed by atoms with E-state index in [4.69, 9.17) is 5.21 Å². The van der Waals surface area contributed by atoms with Gasteiger partial charge in [-0.3, -0.25) is 5.21 Å². The lowest BCUT2D eigenvalue weighted by Crippen LogP contribution is -2.15. The van der Waals surface area contributed by atoms with E-state index in [9.17, 15) is 0 Å². The molecule has 0 spiro atoms. The van der Waals surface area contributed by atoms with Gasteiger partial charge < -0.3 is 0 Å². The highest BCUT2D eigenvalue weighted by Gasteiger charge is 1.81. The second-order valence-electron chi connectivity index (χ2n) is 1.20. The monoisotopic (exact) mass is 114 g/mol. The minimum Gasteiger partial charge on any atom is -0.288 e. The van der Waals surface area contributed by atoms with Crippen LogP contribution in [0.3, 0.4) is 0 Å². The number of hydrogen-bond donors (Lipinski definition) is 1. The lowest BCUT2D eigenvalue weighted by atomic mass is 10.7. The molecule has 0 atom stereocenters. The Hall–Kier alpha value is -0.830. The SMILES string of the molecule is C=CN=CN(O)CC.